The molecule has 0 aliphatic carbocycles. The minimum atomic E-state index is 0.116. The van der Waals surface area contributed by atoms with E-state index in [2.05, 4.69) is 48.4 Å². The van der Waals surface area contributed by atoms with Gasteiger partial charge < -0.3 is 10.4 Å². The molecule has 0 atom stereocenters. The van der Waals surface area contributed by atoms with Crippen molar-refractivity contribution in [1.82, 2.24) is 10.2 Å². The Balaban J connectivity index is 3.75. The molecule has 0 rings (SSSR count). The molecule has 0 saturated heterocycles. The lowest BCUT2D eigenvalue weighted by Gasteiger charge is -2.21. The first kappa shape index (κ1) is 22.9. The monoisotopic (exact) mass is 338 g/mol. The molecule has 0 fully saturated rings. The summed E-state index contributed by atoms with van der Waals surface area (Å²) in [7, 11) is 0. The molecule has 0 aromatic carbocycles. The fraction of sp³-hybridized carbons (Fsp3) is 0.750. The molecule has 4 heteroatoms. The SMILES string of the molecule is CC/C=C/CCCCN(CCO)CCNC(=O)CC/C=C/CCC. The third-order valence-corrected chi connectivity index (χ3v) is 3.82. The Kier molecular flexibility index (Phi) is 17.4. The lowest BCUT2D eigenvalue weighted by Crippen LogP contribution is -2.36. The highest BCUT2D eigenvalue weighted by atomic mass is 16.3. The van der Waals surface area contributed by atoms with Gasteiger partial charge in [-0.05, 0) is 45.1 Å². The van der Waals surface area contributed by atoms with Gasteiger partial charge in [-0.1, -0.05) is 44.6 Å². The highest BCUT2D eigenvalue weighted by molar-refractivity contribution is 5.75. The molecule has 0 bridgehead atoms. The van der Waals surface area contributed by atoms with Crippen molar-refractivity contribution in [1.29, 1.82) is 0 Å². The quantitative estimate of drug-likeness (QED) is 0.333. The predicted octanol–water partition coefficient (Wildman–Crippen LogP) is 3.67. The van der Waals surface area contributed by atoms with E-state index in [-0.39, 0.29) is 12.5 Å². The molecule has 0 spiro atoms. The van der Waals surface area contributed by atoms with Crippen molar-refractivity contribution in [3.63, 3.8) is 0 Å². The standard InChI is InChI=1S/C20H38N2O2/c1-3-5-7-9-11-13-16-22(18-19-23)17-15-21-20(24)14-12-10-8-6-4-2/h5,7-8,10,23H,3-4,6,9,11-19H2,1-2H3,(H,21,24)/b7-5+,10-8+. The van der Waals surface area contributed by atoms with Gasteiger partial charge in [0.15, 0.2) is 0 Å². The van der Waals surface area contributed by atoms with Gasteiger partial charge in [0.1, 0.15) is 0 Å². The maximum atomic E-state index is 11.8. The second kappa shape index (κ2) is 18.2. The van der Waals surface area contributed by atoms with Crippen LogP contribution in [-0.4, -0.2) is 48.7 Å². The van der Waals surface area contributed by atoms with Crippen LogP contribution in [0.1, 0.15) is 65.2 Å². The summed E-state index contributed by atoms with van der Waals surface area (Å²) in [6.45, 7) is 7.60. The number of hydrogen-bond acceptors (Lipinski definition) is 3. The number of hydrogen-bond donors (Lipinski definition) is 2. The van der Waals surface area contributed by atoms with E-state index in [0.717, 1.165) is 51.6 Å². The molecule has 0 aliphatic rings. The van der Waals surface area contributed by atoms with Gasteiger partial charge in [-0.2, -0.15) is 0 Å². The van der Waals surface area contributed by atoms with Crippen LogP contribution in [0.2, 0.25) is 0 Å². The number of nitrogens with one attached hydrogen (secondary N) is 1. The van der Waals surface area contributed by atoms with Crippen LogP contribution >= 0.6 is 0 Å². The maximum Gasteiger partial charge on any atom is 0.220 e. The number of allylic oxidation sites excluding steroid dienone is 4. The van der Waals surface area contributed by atoms with Crippen molar-refractivity contribution in [3.05, 3.63) is 24.3 Å². The van der Waals surface area contributed by atoms with Crippen molar-refractivity contribution in [2.24, 2.45) is 0 Å². The summed E-state index contributed by atoms with van der Waals surface area (Å²) < 4.78 is 0. The number of carbonyl (C=O) groups excluding carboxylic acids is 1. The van der Waals surface area contributed by atoms with E-state index in [1.807, 2.05) is 0 Å². The summed E-state index contributed by atoms with van der Waals surface area (Å²) in [5.41, 5.74) is 0. The Morgan fingerprint density at radius 1 is 0.958 bits per heavy atom. The van der Waals surface area contributed by atoms with Crippen LogP contribution < -0.4 is 5.32 Å². The maximum absolute atomic E-state index is 11.8. The summed E-state index contributed by atoms with van der Waals surface area (Å²) >= 11 is 0. The molecule has 24 heavy (non-hydrogen) atoms. The average Bonchev–Trinajstić information content (AvgIpc) is 2.57. The van der Waals surface area contributed by atoms with Gasteiger partial charge in [-0.3, -0.25) is 9.69 Å². The normalized spacial score (nSPS) is 11.8. The molecule has 0 radical (unpaired) electrons. The number of unbranched alkanes of at least 4 members (excludes halogenated alkanes) is 3. The van der Waals surface area contributed by atoms with Crippen LogP contribution in [0.4, 0.5) is 0 Å². The van der Waals surface area contributed by atoms with E-state index in [1.165, 1.54) is 6.42 Å². The fourth-order valence-corrected chi connectivity index (χ4v) is 2.42. The van der Waals surface area contributed by atoms with Crippen LogP contribution in [0.5, 0.6) is 0 Å². The third-order valence-electron chi connectivity index (χ3n) is 3.82. The molecular formula is C20H38N2O2. The molecule has 0 aromatic rings. The van der Waals surface area contributed by atoms with Crippen molar-refractivity contribution in [2.75, 3.05) is 32.8 Å². The number of aliphatic hydroxyl groups is 1. The molecule has 0 aromatic heterocycles. The lowest BCUT2D eigenvalue weighted by atomic mass is 10.2. The summed E-state index contributed by atoms with van der Waals surface area (Å²) in [5, 5.41) is 12.1. The fourth-order valence-electron chi connectivity index (χ4n) is 2.42. The molecule has 2 N–H and O–H groups in total. The van der Waals surface area contributed by atoms with Crippen molar-refractivity contribution < 1.29 is 9.90 Å². The van der Waals surface area contributed by atoms with Crippen molar-refractivity contribution in [2.45, 2.75) is 65.2 Å². The van der Waals surface area contributed by atoms with Gasteiger partial charge in [-0.25, -0.2) is 0 Å². The van der Waals surface area contributed by atoms with E-state index in [4.69, 9.17) is 5.11 Å². The molecule has 4 nitrogen and oxygen atoms in total. The number of rotatable bonds is 16. The van der Waals surface area contributed by atoms with Gasteiger partial charge in [0.05, 0.1) is 6.61 Å². The zero-order valence-electron chi connectivity index (χ0n) is 15.8. The van der Waals surface area contributed by atoms with Gasteiger partial charge in [0.25, 0.3) is 0 Å². The number of carbonyl (C=O) groups is 1. The molecular weight excluding hydrogens is 300 g/mol. The van der Waals surface area contributed by atoms with Crippen LogP contribution in [0, 0.1) is 0 Å². The topological polar surface area (TPSA) is 52.6 Å². The van der Waals surface area contributed by atoms with Gasteiger partial charge >= 0.3 is 0 Å². The first-order valence-corrected chi connectivity index (χ1v) is 9.64. The first-order valence-electron chi connectivity index (χ1n) is 9.64. The van der Waals surface area contributed by atoms with E-state index >= 15 is 0 Å². The van der Waals surface area contributed by atoms with E-state index in [1.54, 1.807) is 0 Å². The number of aliphatic hydroxyl groups excluding tert-OH is 1. The zero-order chi connectivity index (χ0) is 17.9. The Labute approximate surface area is 149 Å². The van der Waals surface area contributed by atoms with Crippen LogP contribution in [0.3, 0.4) is 0 Å². The Bertz CT molecular complexity index is 341. The summed E-state index contributed by atoms with van der Waals surface area (Å²) in [6, 6.07) is 0. The highest BCUT2D eigenvalue weighted by Gasteiger charge is 2.05. The van der Waals surface area contributed by atoms with Crippen molar-refractivity contribution in [3.8, 4) is 0 Å². The molecule has 0 aliphatic heterocycles. The molecule has 1 amide bonds. The van der Waals surface area contributed by atoms with Crippen LogP contribution in [0.15, 0.2) is 24.3 Å². The number of nitrogens with zero attached hydrogens (tertiary/aromatic N) is 1. The summed E-state index contributed by atoms with van der Waals surface area (Å²) in [5.74, 6) is 0.116. The second-order valence-corrected chi connectivity index (χ2v) is 6.09. The molecule has 0 saturated carbocycles. The smallest absolute Gasteiger partial charge is 0.220 e. The molecule has 0 heterocycles. The largest absolute Gasteiger partial charge is 0.395 e. The highest BCUT2D eigenvalue weighted by Crippen LogP contribution is 2.00. The lowest BCUT2D eigenvalue weighted by molar-refractivity contribution is -0.121. The Hall–Kier alpha value is -1.13. The molecule has 0 unspecified atom stereocenters. The zero-order valence-corrected chi connectivity index (χ0v) is 15.8. The number of amides is 1. The summed E-state index contributed by atoms with van der Waals surface area (Å²) in [6.07, 6.45) is 16.8. The third kappa shape index (κ3) is 15.8. The minimum Gasteiger partial charge on any atom is -0.395 e. The van der Waals surface area contributed by atoms with Crippen molar-refractivity contribution >= 4 is 5.91 Å². The van der Waals surface area contributed by atoms with E-state index in [9.17, 15) is 4.79 Å². The predicted molar refractivity (Wildman–Crippen MR) is 103 cm³/mol. The van der Waals surface area contributed by atoms with Gasteiger partial charge in [0, 0.05) is 26.1 Å². The van der Waals surface area contributed by atoms with Gasteiger partial charge in [-0.15, -0.1) is 0 Å². The Morgan fingerprint density at radius 2 is 1.71 bits per heavy atom. The summed E-state index contributed by atoms with van der Waals surface area (Å²) in [4.78, 5) is 14.0. The van der Waals surface area contributed by atoms with Gasteiger partial charge in [0.2, 0.25) is 5.91 Å². The first-order chi connectivity index (χ1) is 11.7. The second-order valence-electron chi connectivity index (χ2n) is 6.09. The average molecular weight is 339 g/mol. The minimum absolute atomic E-state index is 0.116. The molecule has 140 valence electrons. The Morgan fingerprint density at radius 3 is 2.42 bits per heavy atom. The van der Waals surface area contributed by atoms with Crippen LogP contribution in [-0.2, 0) is 4.79 Å². The van der Waals surface area contributed by atoms with E-state index < -0.39 is 0 Å². The van der Waals surface area contributed by atoms with Crippen LogP contribution in [0.25, 0.3) is 0 Å². The van der Waals surface area contributed by atoms with E-state index in [0.29, 0.717) is 19.5 Å².